The molecule has 108 valence electrons. The Morgan fingerprint density at radius 2 is 2.14 bits per heavy atom. The Kier molecular flexibility index (Phi) is 4.03. The number of benzene rings is 1. The van der Waals surface area contributed by atoms with E-state index in [4.69, 9.17) is 4.42 Å². The Bertz CT molecular complexity index is 769. The van der Waals surface area contributed by atoms with Crippen LogP contribution in [0.4, 0.5) is 4.39 Å². The molecule has 0 radical (unpaired) electrons. The highest BCUT2D eigenvalue weighted by Gasteiger charge is 2.15. The lowest BCUT2D eigenvalue weighted by Crippen LogP contribution is -1.82. The van der Waals surface area contributed by atoms with Crippen LogP contribution in [0.15, 0.2) is 33.9 Å². The van der Waals surface area contributed by atoms with Crippen molar-refractivity contribution in [2.45, 2.75) is 24.8 Å². The molecule has 0 atom stereocenters. The molecule has 0 saturated heterocycles. The minimum absolute atomic E-state index is 0.241. The van der Waals surface area contributed by atoms with Crippen molar-refractivity contribution in [2.75, 3.05) is 0 Å². The van der Waals surface area contributed by atoms with Crippen LogP contribution in [0.25, 0.3) is 10.8 Å². The molecule has 0 unspecified atom stereocenters. The molecule has 4 nitrogen and oxygen atoms in total. The maximum atomic E-state index is 13.1. The second kappa shape index (κ2) is 5.95. The standard InChI is InChI=1S/C14H12FN3OS2/c1-8-12(21-9(2)16-8)13-17-18-14(19-13)20-7-10-4-3-5-11(15)6-10/h3-6H,7H2,1-2H3. The van der Waals surface area contributed by atoms with E-state index < -0.39 is 0 Å². The van der Waals surface area contributed by atoms with Crippen LogP contribution in [0.1, 0.15) is 16.3 Å². The summed E-state index contributed by atoms with van der Waals surface area (Å²) in [6.45, 7) is 3.86. The van der Waals surface area contributed by atoms with Gasteiger partial charge in [0, 0.05) is 5.75 Å². The van der Waals surface area contributed by atoms with Gasteiger partial charge in [-0.3, -0.25) is 0 Å². The second-order valence-corrected chi connectivity index (χ2v) is 6.57. The number of nitrogens with zero attached hydrogens (tertiary/aromatic N) is 3. The Hall–Kier alpha value is -1.73. The zero-order valence-corrected chi connectivity index (χ0v) is 13.1. The fraction of sp³-hybridized carbons (Fsp3) is 0.214. The minimum Gasteiger partial charge on any atom is -0.410 e. The summed E-state index contributed by atoms with van der Waals surface area (Å²) >= 11 is 2.92. The highest BCUT2D eigenvalue weighted by Crippen LogP contribution is 2.31. The minimum atomic E-state index is -0.241. The summed E-state index contributed by atoms with van der Waals surface area (Å²) in [6.07, 6.45) is 0. The van der Waals surface area contributed by atoms with Gasteiger partial charge in [0.2, 0.25) is 0 Å². The molecule has 7 heteroatoms. The number of aryl methyl sites for hydroxylation is 2. The lowest BCUT2D eigenvalue weighted by molar-refractivity contribution is 0.466. The summed E-state index contributed by atoms with van der Waals surface area (Å²) in [6, 6.07) is 6.48. The van der Waals surface area contributed by atoms with E-state index in [1.54, 1.807) is 6.07 Å². The first-order chi connectivity index (χ1) is 10.1. The van der Waals surface area contributed by atoms with E-state index in [2.05, 4.69) is 15.2 Å². The van der Waals surface area contributed by atoms with Crippen molar-refractivity contribution < 1.29 is 8.81 Å². The zero-order valence-electron chi connectivity index (χ0n) is 11.5. The average molecular weight is 321 g/mol. The SMILES string of the molecule is Cc1nc(C)c(-c2nnc(SCc3cccc(F)c3)o2)s1. The molecule has 3 rings (SSSR count). The summed E-state index contributed by atoms with van der Waals surface area (Å²) in [4.78, 5) is 5.24. The topological polar surface area (TPSA) is 51.8 Å². The Morgan fingerprint density at radius 3 is 2.86 bits per heavy atom. The number of hydrogen-bond donors (Lipinski definition) is 0. The van der Waals surface area contributed by atoms with E-state index in [1.807, 2.05) is 19.9 Å². The third-order valence-electron chi connectivity index (χ3n) is 2.76. The lowest BCUT2D eigenvalue weighted by Gasteiger charge is -1.97. The van der Waals surface area contributed by atoms with Gasteiger partial charge in [0.25, 0.3) is 11.1 Å². The number of thioether (sulfide) groups is 1. The van der Waals surface area contributed by atoms with E-state index in [1.165, 1.54) is 35.2 Å². The van der Waals surface area contributed by atoms with Crippen LogP contribution in [-0.2, 0) is 5.75 Å². The first kappa shape index (κ1) is 14.2. The van der Waals surface area contributed by atoms with Crippen LogP contribution >= 0.6 is 23.1 Å². The molecule has 0 spiro atoms. The third-order valence-corrected chi connectivity index (χ3v) is 4.71. The summed E-state index contributed by atoms with van der Waals surface area (Å²) in [7, 11) is 0. The smallest absolute Gasteiger partial charge is 0.277 e. The van der Waals surface area contributed by atoms with Crippen molar-refractivity contribution in [1.29, 1.82) is 0 Å². The van der Waals surface area contributed by atoms with Gasteiger partial charge < -0.3 is 4.42 Å². The first-order valence-electron chi connectivity index (χ1n) is 6.27. The maximum absolute atomic E-state index is 13.1. The van der Waals surface area contributed by atoms with Crippen LogP contribution in [0.5, 0.6) is 0 Å². The molecule has 0 bridgehead atoms. The van der Waals surface area contributed by atoms with Gasteiger partial charge in [-0.2, -0.15) is 0 Å². The predicted molar refractivity (Wildman–Crippen MR) is 80.8 cm³/mol. The summed E-state index contributed by atoms with van der Waals surface area (Å²) in [5.41, 5.74) is 1.77. The monoisotopic (exact) mass is 321 g/mol. The largest absolute Gasteiger partial charge is 0.410 e. The van der Waals surface area contributed by atoms with Gasteiger partial charge in [-0.1, -0.05) is 23.9 Å². The average Bonchev–Trinajstić information content (AvgIpc) is 3.03. The van der Waals surface area contributed by atoms with Crippen LogP contribution in [-0.4, -0.2) is 15.2 Å². The summed E-state index contributed by atoms with van der Waals surface area (Å²) < 4.78 is 18.7. The van der Waals surface area contributed by atoms with E-state index in [0.29, 0.717) is 16.9 Å². The second-order valence-electron chi connectivity index (χ2n) is 4.44. The summed E-state index contributed by atoms with van der Waals surface area (Å²) in [5, 5.41) is 9.50. The van der Waals surface area contributed by atoms with Crippen LogP contribution in [0.2, 0.25) is 0 Å². The van der Waals surface area contributed by atoms with Crippen molar-refractivity contribution in [3.63, 3.8) is 0 Å². The van der Waals surface area contributed by atoms with Gasteiger partial charge in [0.1, 0.15) is 10.7 Å². The molecule has 0 N–H and O–H groups in total. The van der Waals surface area contributed by atoms with Gasteiger partial charge in [-0.25, -0.2) is 9.37 Å². The molecule has 0 aliphatic rings. The molecule has 0 aliphatic heterocycles. The van der Waals surface area contributed by atoms with Crippen molar-refractivity contribution in [3.8, 4) is 10.8 Å². The molecule has 2 aromatic heterocycles. The Morgan fingerprint density at radius 1 is 1.29 bits per heavy atom. The van der Waals surface area contributed by atoms with Gasteiger partial charge in [-0.15, -0.1) is 21.5 Å². The lowest BCUT2D eigenvalue weighted by atomic mass is 10.2. The maximum Gasteiger partial charge on any atom is 0.277 e. The molecule has 0 amide bonds. The Balaban J connectivity index is 1.72. The fourth-order valence-corrected chi connectivity index (χ4v) is 3.41. The van der Waals surface area contributed by atoms with Crippen molar-refractivity contribution in [3.05, 3.63) is 46.3 Å². The number of rotatable bonds is 4. The number of thiazole rings is 1. The van der Waals surface area contributed by atoms with Gasteiger partial charge in [0.05, 0.1) is 10.7 Å². The third kappa shape index (κ3) is 3.30. The molecule has 0 aliphatic carbocycles. The molecule has 0 fully saturated rings. The molecule has 21 heavy (non-hydrogen) atoms. The van der Waals surface area contributed by atoms with Crippen LogP contribution < -0.4 is 0 Å². The fourth-order valence-electron chi connectivity index (χ4n) is 1.86. The van der Waals surface area contributed by atoms with E-state index >= 15 is 0 Å². The van der Waals surface area contributed by atoms with E-state index in [0.717, 1.165) is 21.1 Å². The number of hydrogen-bond acceptors (Lipinski definition) is 6. The number of aromatic nitrogens is 3. The highest BCUT2D eigenvalue weighted by molar-refractivity contribution is 7.98. The summed E-state index contributed by atoms with van der Waals surface area (Å²) in [5.74, 6) is 0.829. The highest BCUT2D eigenvalue weighted by atomic mass is 32.2. The van der Waals surface area contributed by atoms with Crippen LogP contribution in [0.3, 0.4) is 0 Å². The normalized spacial score (nSPS) is 11.0. The molecule has 1 aromatic carbocycles. The molecular weight excluding hydrogens is 309 g/mol. The van der Waals surface area contributed by atoms with Crippen molar-refractivity contribution in [1.82, 2.24) is 15.2 Å². The van der Waals surface area contributed by atoms with Gasteiger partial charge >= 0.3 is 0 Å². The molecule has 2 heterocycles. The first-order valence-corrected chi connectivity index (χ1v) is 8.07. The van der Waals surface area contributed by atoms with Gasteiger partial charge in [0.15, 0.2) is 0 Å². The Labute approximate surface area is 129 Å². The van der Waals surface area contributed by atoms with E-state index in [9.17, 15) is 4.39 Å². The van der Waals surface area contributed by atoms with Crippen molar-refractivity contribution in [2.24, 2.45) is 0 Å². The van der Waals surface area contributed by atoms with Crippen molar-refractivity contribution >= 4 is 23.1 Å². The van der Waals surface area contributed by atoms with Crippen LogP contribution in [0, 0.1) is 19.7 Å². The molecule has 3 aromatic rings. The molecule has 0 saturated carbocycles. The quantitative estimate of drug-likeness (QED) is 0.673. The zero-order chi connectivity index (χ0) is 14.8. The van der Waals surface area contributed by atoms with E-state index in [-0.39, 0.29) is 5.82 Å². The number of halogens is 1. The van der Waals surface area contributed by atoms with Gasteiger partial charge in [-0.05, 0) is 31.5 Å². The predicted octanol–water partition coefficient (Wildman–Crippen LogP) is 4.24. The molecular formula is C14H12FN3OS2.